The highest BCUT2D eigenvalue weighted by atomic mass is 16.5. The summed E-state index contributed by atoms with van der Waals surface area (Å²) in [7, 11) is 0. The molecular weight excluding hydrogens is 298 g/mol. The van der Waals surface area contributed by atoms with Crippen LogP contribution in [0, 0.1) is 5.92 Å². The van der Waals surface area contributed by atoms with Gasteiger partial charge in [0.15, 0.2) is 5.82 Å². The Hall–Kier alpha value is -1.78. The second-order valence-corrected chi connectivity index (χ2v) is 7.64. The third-order valence-corrected chi connectivity index (χ3v) is 5.68. The first kappa shape index (κ1) is 14.6. The molecule has 3 heterocycles. The molecule has 2 fully saturated rings. The fourth-order valence-corrected chi connectivity index (χ4v) is 4.21. The maximum absolute atomic E-state index is 5.94. The second kappa shape index (κ2) is 5.64. The third kappa shape index (κ3) is 2.54. The van der Waals surface area contributed by atoms with Crippen molar-refractivity contribution in [3.8, 4) is 11.4 Å². The summed E-state index contributed by atoms with van der Waals surface area (Å²) in [6.07, 6.45) is 5.96. The van der Waals surface area contributed by atoms with E-state index in [0.29, 0.717) is 6.61 Å². The van der Waals surface area contributed by atoms with Crippen LogP contribution in [-0.4, -0.2) is 41.1 Å². The zero-order valence-electron chi connectivity index (χ0n) is 13.9. The molecule has 1 saturated heterocycles. The molecule has 0 unspecified atom stereocenters. The average molecular weight is 321 g/mol. The lowest BCUT2D eigenvalue weighted by Crippen LogP contribution is -2.40. The molecule has 24 heavy (non-hydrogen) atoms. The van der Waals surface area contributed by atoms with Crippen LogP contribution in [0.3, 0.4) is 0 Å². The Kier molecular flexibility index (Phi) is 3.42. The zero-order valence-corrected chi connectivity index (χ0v) is 13.9. The molecule has 1 saturated carbocycles. The number of benzene rings is 1. The molecule has 0 amide bonds. The van der Waals surface area contributed by atoms with E-state index in [9.17, 15) is 0 Å². The fraction of sp³-hybridized carbons (Fsp3) is 0.500. The SMILES string of the molecule is c1ccc(-c2ncc3c(n2)[C@@]2(CCN(CC4CC4)C2)COC3)cc1. The van der Waals surface area contributed by atoms with Crippen molar-refractivity contribution in [3.63, 3.8) is 0 Å². The van der Waals surface area contributed by atoms with E-state index in [0.717, 1.165) is 36.9 Å². The summed E-state index contributed by atoms with van der Waals surface area (Å²) in [5.74, 6) is 1.78. The van der Waals surface area contributed by atoms with Gasteiger partial charge >= 0.3 is 0 Å². The van der Waals surface area contributed by atoms with E-state index in [1.807, 2.05) is 24.4 Å². The van der Waals surface area contributed by atoms with Gasteiger partial charge in [0.05, 0.1) is 24.3 Å². The van der Waals surface area contributed by atoms with E-state index in [1.54, 1.807) is 0 Å². The van der Waals surface area contributed by atoms with Crippen LogP contribution in [-0.2, 0) is 16.8 Å². The van der Waals surface area contributed by atoms with Gasteiger partial charge in [-0.15, -0.1) is 0 Å². The minimum Gasteiger partial charge on any atom is -0.376 e. The molecule has 5 rings (SSSR count). The molecule has 4 heteroatoms. The van der Waals surface area contributed by atoms with Crippen LogP contribution >= 0.6 is 0 Å². The van der Waals surface area contributed by atoms with Gasteiger partial charge in [-0.2, -0.15) is 0 Å². The topological polar surface area (TPSA) is 38.2 Å². The summed E-state index contributed by atoms with van der Waals surface area (Å²) in [5.41, 5.74) is 3.57. The summed E-state index contributed by atoms with van der Waals surface area (Å²) in [5, 5.41) is 0. The molecule has 1 aliphatic carbocycles. The van der Waals surface area contributed by atoms with Crippen molar-refractivity contribution >= 4 is 0 Å². The lowest BCUT2D eigenvalue weighted by atomic mass is 9.80. The number of ether oxygens (including phenoxy) is 1. The van der Waals surface area contributed by atoms with Gasteiger partial charge < -0.3 is 9.64 Å². The molecule has 3 aliphatic rings. The van der Waals surface area contributed by atoms with E-state index >= 15 is 0 Å². The molecule has 124 valence electrons. The van der Waals surface area contributed by atoms with Crippen LogP contribution in [0.25, 0.3) is 11.4 Å². The predicted octanol–water partition coefficient (Wildman–Crippen LogP) is 3.03. The van der Waals surface area contributed by atoms with Crippen LogP contribution in [0.2, 0.25) is 0 Å². The number of hydrogen-bond acceptors (Lipinski definition) is 4. The molecule has 4 nitrogen and oxygen atoms in total. The van der Waals surface area contributed by atoms with Crippen molar-refractivity contribution < 1.29 is 4.74 Å². The molecule has 0 bridgehead atoms. The van der Waals surface area contributed by atoms with Gasteiger partial charge in [0.2, 0.25) is 0 Å². The Morgan fingerprint density at radius 2 is 2.08 bits per heavy atom. The maximum Gasteiger partial charge on any atom is 0.159 e. The van der Waals surface area contributed by atoms with Crippen LogP contribution in [0.15, 0.2) is 36.5 Å². The first-order chi connectivity index (χ1) is 11.8. The third-order valence-electron chi connectivity index (χ3n) is 5.68. The molecule has 1 spiro atoms. The first-order valence-electron chi connectivity index (χ1n) is 9.04. The van der Waals surface area contributed by atoms with Gasteiger partial charge in [-0.3, -0.25) is 0 Å². The number of nitrogens with zero attached hydrogens (tertiary/aromatic N) is 3. The van der Waals surface area contributed by atoms with Gasteiger partial charge in [-0.05, 0) is 31.7 Å². The maximum atomic E-state index is 5.94. The van der Waals surface area contributed by atoms with E-state index in [4.69, 9.17) is 9.72 Å². The van der Waals surface area contributed by atoms with E-state index in [2.05, 4.69) is 22.0 Å². The molecule has 2 aromatic rings. The summed E-state index contributed by atoms with van der Waals surface area (Å²) >= 11 is 0. The number of likely N-dealkylation sites (tertiary alicyclic amines) is 1. The van der Waals surface area contributed by atoms with Crippen molar-refractivity contribution in [2.75, 3.05) is 26.2 Å². The largest absolute Gasteiger partial charge is 0.376 e. The summed E-state index contributed by atoms with van der Waals surface area (Å²) in [4.78, 5) is 12.2. The van der Waals surface area contributed by atoms with E-state index < -0.39 is 0 Å². The normalized spacial score (nSPS) is 26.7. The van der Waals surface area contributed by atoms with E-state index in [1.165, 1.54) is 37.2 Å². The summed E-state index contributed by atoms with van der Waals surface area (Å²) in [6.45, 7) is 4.96. The van der Waals surface area contributed by atoms with Crippen molar-refractivity contribution in [1.82, 2.24) is 14.9 Å². The van der Waals surface area contributed by atoms with Gasteiger partial charge in [0, 0.05) is 30.4 Å². The van der Waals surface area contributed by atoms with Gasteiger partial charge in [-0.1, -0.05) is 30.3 Å². The standard InChI is InChI=1S/C20H23N3O/c1-2-4-16(5-3-1)19-21-10-17-12-24-14-20(18(17)22-19)8-9-23(13-20)11-15-6-7-15/h1-5,10,15H,6-9,11-14H2/t20-/m1/s1. The number of aromatic nitrogens is 2. The number of fused-ring (bicyclic) bond motifs is 2. The minimum atomic E-state index is 0.0644. The van der Waals surface area contributed by atoms with Crippen LogP contribution in [0.5, 0.6) is 0 Å². The van der Waals surface area contributed by atoms with Crippen LogP contribution in [0.4, 0.5) is 0 Å². The van der Waals surface area contributed by atoms with Crippen molar-refractivity contribution in [2.45, 2.75) is 31.3 Å². The number of rotatable bonds is 3. The fourth-order valence-electron chi connectivity index (χ4n) is 4.21. The molecule has 1 aromatic heterocycles. The zero-order chi connectivity index (χ0) is 16.0. The molecular formula is C20H23N3O. The van der Waals surface area contributed by atoms with Crippen molar-refractivity contribution in [2.24, 2.45) is 5.92 Å². The summed E-state index contributed by atoms with van der Waals surface area (Å²) in [6, 6.07) is 10.3. The van der Waals surface area contributed by atoms with Gasteiger partial charge in [0.25, 0.3) is 0 Å². The molecule has 1 atom stereocenters. The quantitative estimate of drug-likeness (QED) is 0.871. The van der Waals surface area contributed by atoms with Gasteiger partial charge in [0.1, 0.15) is 0 Å². The Balaban J connectivity index is 1.49. The molecule has 0 N–H and O–H groups in total. The van der Waals surface area contributed by atoms with Crippen LogP contribution < -0.4 is 0 Å². The van der Waals surface area contributed by atoms with Crippen LogP contribution in [0.1, 0.15) is 30.5 Å². The monoisotopic (exact) mass is 321 g/mol. The predicted molar refractivity (Wildman–Crippen MR) is 92.6 cm³/mol. The van der Waals surface area contributed by atoms with Gasteiger partial charge in [-0.25, -0.2) is 9.97 Å². The second-order valence-electron chi connectivity index (χ2n) is 7.64. The minimum absolute atomic E-state index is 0.0644. The van der Waals surface area contributed by atoms with E-state index in [-0.39, 0.29) is 5.41 Å². The molecule has 1 aromatic carbocycles. The van der Waals surface area contributed by atoms with Crippen molar-refractivity contribution in [3.05, 3.63) is 47.8 Å². The highest BCUT2D eigenvalue weighted by Gasteiger charge is 2.45. The lowest BCUT2D eigenvalue weighted by Gasteiger charge is -2.34. The van der Waals surface area contributed by atoms with Crippen molar-refractivity contribution in [1.29, 1.82) is 0 Å². The first-order valence-corrected chi connectivity index (χ1v) is 9.04. The number of hydrogen-bond donors (Lipinski definition) is 0. The Labute approximate surface area is 142 Å². The lowest BCUT2D eigenvalue weighted by molar-refractivity contribution is 0.0504. The Bertz CT molecular complexity index is 744. The molecule has 0 radical (unpaired) electrons. The Morgan fingerprint density at radius 1 is 1.21 bits per heavy atom. The average Bonchev–Trinajstić information content (AvgIpc) is 3.36. The molecule has 2 aliphatic heterocycles. The Morgan fingerprint density at radius 3 is 2.92 bits per heavy atom. The highest BCUT2D eigenvalue weighted by molar-refractivity contribution is 5.55. The summed E-state index contributed by atoms with van der Waals surface area (Å²) < 4.78 is 5.94. The highest BCUT2D eigenvalue weighted by Crippen LogP contribution is 2.41. The smallest absolute Gasteiger partial charge is 0.159 e.